The van der Waals surface area contributed by atoms with Gasteiger partial charge in [0.1, 0.15) is 12.1 Å². The van der Waals surface area contributed by atoms with Gasteiger partial charge in [0, 0.05) is 51.7 Å². The van der Waals surface area contributed by atoms with E-state index < -0.39 is 0 Å². The van der Waals surface area contributed by atoms with Crippen LogP contribution in [0.25, 0.3) is 17.1 Å². The Morgan fingerprint density at radius 3 is 2.56 bits per heavy atom. The number of ether oxygens (including phenoxy) is 1. The molecule has 4 heterocycles. The summed E-state index contributed by atoms with van der Waals surface area (Å²) < 4.78 is 9.00. The molecule has 0 saturated carbocycles. The first-order valence-electron chi connectivity index (χ1n) is 12.1. The Morgan fingerprint density at radius 2 is 1.86 bits per heavy atom. The maximum Gasteiger partial charge on any atom is 0.245 e. The summed E-state index contributed by atoms with van der Waals surface area (Å²) in [6.45, 7) is 8.68. The Labute approximate surface area is 209 Å². The minimum atomic E-state index is -0.205. The highest BCUT2D eigenvalue weighted by Crippen LogP contribution is 2.27. The molecule has 5 rings (SSSR count). The van der Waals surface area contributed by atoms with Crippen molar-refractivity contribution in [2.75, 3.05) is 18.4 Å². The van der Waals surface area contributed by atoms with Crippen molar-refractivity contribution in [1.82, 2.24) is 34.4 Å². The molecule has 36 heavy (non-hydrogen) atoms. The lowest BCUT2D eigenvalue weighted by atomic mass is 10.1. The molecule has 3 aromatic heterocycles. The number of benzene rings is 1. The molecule has 4 aromatic rings. The van der Waals surface area contributed by atoms with Crippen LogP contribution in [-0.4, -0.2) is 65.6 Å². The fraction of sp³-hybridized carbons (Fsp3) is 0.346. The van der Waals surface area contributed by atoms with Crippen molar-refractivity contribution in [3.63, 3.8) is 0 Å². The summed E-state index contributed by atoms with van der Waals surface area (Å²) in [6.07, 6.45) is 7.31. The Kier molecular flexibility index (Phi) is 6.88. The summed E-state index contributed by atoms with van der Waals surface area (Å²) in [5.41, 5.74) is 3.86. The van der Waals surface area contributed by atoms with Crippen LogP contribution in [-0.2, 0) is 17.8 Å². The van der Waals surface area contributed by atoms with Crippen molar-refractivity contribution >= 4 is 11.7 Å². The molecule has 0 radical (unpaired) electrons. The van der Waals surface area contributed by atoms with Gasteiger partial charge >= 0.3 is 0 Å². The van der Waals surface area contributed by atoms with E-state index in [1.807, 2.05) is 41.3 Å². The number of nitrogens with zero attached hydrogens (tertiary/aromatic N) is 7. The lowest BCUT2D eigenvalue weighted by Gasteiger charge is -2.35. The molecule has 1 N–H and O–H groups in total. The molecule has 0 amide bonds. The highest BCUT2D eigenvalue weighted by molar-refractivity contribution is 5.82. The molecule has 186 valence electrons. The van der Waals surface area contributed by atoms with E-state index in [1.54, 1.807) is 6.20 Å². The van der Waals surface area contributed by atoms with E-state index in [9.17, 15) is 4.79 Å². The topological polar surface area (TPSA) is 103 Å². The lowest BCUT2D eigenvalue weighted by Crippen LogP contribution is -2.44. The second-order valence-corrected chi connectivity index (χ2v) is 9.18. The highest BCUT2D eigenvalue weighted by Gasteiger charge is 2.23. The number of anilines is 1. The van der Waals surface area contributed by atoms with Gasteiger partial charge in [-0.3, -0.25) is 9.69 Å². The molecule has 0 aliphatic carbocycles. The molecule has 1 fully saturated rings. The zero-order valence-electron chi connectivity index (χ0n) is 20.7. The van der Waals surface area contributed by atoms with Crippen LogP contribution in [0.5, 0.6) is 0 Å². The van der Waals surface area contributed by atoms with Crippen LogP contribution < -0.4 is 5.32 Å². The van der Waals surface area contributed by atoms with Gasteiger partial charge in [-0.05, 0) is 49.2 Å². The van der Waals surface area contributed by atoms with Gasteiger partial charge in [0.25, 0.3) is 0 Å². The highest BCUT2D eigenvalue weighted by atomic mass is 16.5. The van der Waals surface area contributed by atoms with Gasteiger partial charge in [-0.15, -0.1) is 0 Å². The maximum atomic E-state index is 12.2. The fourth-order valence-corrected chi connectivity index (χ4v) is 4.61. The lowest BCUT2D eigenvalue weighted by molar-refractivity contribution is -0.0705. The van der Waals surface area contributed by atoms with Crippen LogP contribution in [0.1, 0.15) is 36.7 Å². The summed E-state index contributed by atoms with van der Waals surface area (Å²) in [4.78, 5) is 23.7. The van der Waals surface area contributed by atoms with E-state index >= 15 is 0 Å². The van der Waals surface area contributed by atoms with Crippen LogP contribution in [0.15, 0.2) is 61.3 Å². The fourth-order valence-electron chi connectivity index (χ4n) is 4.61. The Balaban J connectivity index is 1.39. The van der Waals surface area contributed by atoms with Gasteiger partial charge in [0.15, 0.2) is 5.82 Å². The Morgan fingerprint density at radius 1 is 1.08 bits per heavy atom. The molecular weight excluding hydrogens is 456 g/mol. The summed E-state index contributed by atoms with van der Waals surface area (Å²) in [5.74, 6) is 0.912. The molecule has 1 saturated heterocycles. The zero-order valence-corrected chi connectivity index (χ0v) is 20.7. The summed E-state index contributed by atoms with van der Waals surface area (Å²) in [5, 5.41) is 11.8. The number of morpholine rings is 1. The molecule has 0 bridgehead atoms. The van der Waals surface area contributed by atoms with E-state index in [0.717, 1.165) is 42.0 Å². The number of hydrogen-bond donors (Lipinski definition) is 1. The van der Waals surface area contributed by atoms with Crippen LogP contribution in [0.4, 0.5) is 5.82 Å². The molecular formula is C26H30N8O2. The SMILES string of the molecule is CC(=O)n1ncnc1-c1cc(CN2C[C@@H](C)O[C@@H](C)C2)cnc1NCc1ccc(-n2cccn2)cc1. The number of carbonyl (C=O) groups excluding carboxylic acids is 1. The van der Waals surface area contributed by atoms with Crippen molar-refractivity contribution < 1.29 is 9.53 Å². The van der Waals surface area contributed by atoms with Crippen molar-refractivity contribution in [3.05, 3.63) is 72.4 Å². The molecule has 1 aliphatic heterocycles. The molecule has 1 aliphatic rings. The zero-order chi connectivity index (χ0) is 25.1. The molecule has 0 unspecified atom stereocenters. The Hall–Kier alpha value is -3.89. The third-order valence-corrected chi connectivity index (χ3v) is 6.10. The second-order valence-electron chi connectivity index (χ2n) is 9.18. The molecule has 10 heteroatoms. The van der Waals surface area contributed by atoms with Gasteiger partial charge in [0.05, 0.1) is 23.5 Å². The van der Waals surface area contributed by atoms with Gasteiger partial charge in [0.2, 0.25) is 5.91 Å². The van der Waals surface area contributed by atoms with E-state index in [4.69, 9.17) is 9.72 Å². The van der Waals surface area contributed by atoms with E-state index in [0.29, 0.717) is 18.2 Å². The van der Waals surface area contributed by atoms with Crippen LogP contribution >= 0.6 is 0 Å². The van der Waals surface area contributed by atoms with Gasteiger partial charge < -0.3 is 10.1 Å². The van der Waals surface area contributed by atoms with Gasteiger partial charge in [-0.2, -0.15) is 14.9 Å². The van der Waals surface area contributed by atoms with Crippen molar-refractivity contribution in [3.8, 4) is 17.1 Å². The molecule has 2 atom stereocenters. The van der Waals surface area contributed by atoms with Crippen molar-refractivity contribution in [1.29, 1.82) is 0 Å². The summed E-state index contributed by atoms with van der Waals surface area (Å²) in [6, 6.07) is 12.1. The monoisotopic (exact) mass is 486 g/mol. The van der Waals surface area contributed by atoms with E-state index in [1.165, 1.54) is 17.9 Å². The number of pyridine rings is 1. The average molecular weight is 487 g/mol. The van der Waals surface area contributed by atoms with E-state index in [-0.39, 0.29) is 18.1 Å². The molecule has 10 nitrogen and oxygen atoms in total. The predicted molar refractivity (Wildman–Crippen MR) is 136 cm³/mol. The standard InChI is InChI=1S/C26H30N8O2/c1-18-14-32(15-19(2)36-18)16-22-11-24(26-29-17-31-34(26)20(3)35)25(28-13-22)27-12-21-5-7-23(8-6-21)33-10-4-9-30-33/h4-11,13,17-19H,12,14-16H2,1-3H3,(H,27,28)/t18-,19+. The quantitative estimate of drug-likeness (QED) is 0.424. The first-order chi connectivity index (χ1) is 17.5. The third-order valence-electron chi connectivity index (χ3n) is 6.10. The third kappa shape index (κ3) is 5.34. The van der Waals surface area contributed by atoms with Gasteiger partial charge in [-0.25, -0.2) is 14.6 Å². The Bertz CT molecular complexity index is 1310. The van der Waals surface area contributed by atoms with E-state index in [2.05, 4.69) is 51.4 Å². The van der Waals surface area contributed by atoms with Crippen molar-refractivity contribution in [2.24, 2.45) is 0 Å². The molecule has 0 spiro atoms. The first kappa shape index (κ1) is 23.8. The maximum absolute atomic E-state index is 12.2. The first-order valence-corrected chi connectivity index (χ1v) is 12.1. The van der Waals surface area contributed by atoms with Gasteiger partial charge in [-0.1, -0.05) is 12.1 Å². The summed E-state index contributed by atoms with van der Waals surface area (Å²) in [7, 11) is 0. The minimum Gasteiger partial charge on any atom is -0.373 e. The number of hydrogen-bond acceptors (Lipinski definition) is 8. The average Bonchev–Trinajstić information content (AvgIpc) is 3.56. The minimum absolute atomic E-state index is 0.183. The summed E-state index contributed by atoms with van der Waals surface area (Å²) >= 11 is 0. The number of rotatable bonds is 7. The second kappa shape index (κ2) is 10.4. The number of aromatic nitrogens is 6. The van der Waals surface area contributed by atoms with Crippen molar-refractivity contribution in [2.45, 2.75) is 46.1 Å². The van der Waals surface area contributed by atoms with Crippen LogP contribution in [0, 0.1) is 0 Å². The van der Waals surface area contributed by atoms with Crippen LogP contribution in [0.2, 0.25) is 0 Å². The molecule has 1 aromatic carbocycles. The normalized spacial score (nSPS) is 18.3. The number of nitrogens with one attached hydrogen (secondary N) is 1. The van der Waals surface area contributed by atoms with Crippen LogP contribution in [0.3, 0.4) is 0 Å². The smallest absolute Gasteiger partial charge is 0.245 e. The number of carbonyl (C=O) groups is 1. The largest absolute Gasteiger partial charge is 0.373 e. The predicted octanol–water partition coefficient (Wildman–Crippen LogP) is 3.41.